The van der Waals surface area contributed by atoms with E-state index in [0.29, 0.717) is 37.6 Å². The monoisotopic (exact) mass is 255 g/mol. The number of nitrogens with zero attached hydrogens (tertiary/aromatic N) is 1. The summed E-state index contributed by atoms with van der Waals surface area (Å²) in [6, 6.07) is 3.52. The summed E-state index contributed by atoms with van der Waals surface area (Å²) in [6.45, 7) is 1.01. The summed E-state index contributed by atoms with van der Waals surface area (Å²) >= 11 is 5.70. The Bertz CT molecular complexity index is 399. The van der Waals surface area contributed by atoms with Crippen LogP contribution in [0.3, 0.4) is 0 Å². The van der Waals surface area contributed by atoms with E-state index in [1.807, 2.05) is 6.07 Å². The number of ether oxygens (including phenoxy) is 1. The number of halogens is 1. The molecular formula is C12H14ClNO3. The quantitative estimate of drug-likeness (QED) is 0.841. The summed E-state index contributed by atoms with van der Waals surface area (Å²) in [5, 5.41) is 9.82. The van der Waals surface area contributed by atoms with E-state index in [-0.39, 0.29) is 0 Å². The molecule has 4 nitrogen and oxygen atoms in total. The summed E-state index contributed by atoms with van der Waals surface area (Å²) in [6.07, 6.45) is 3.22. The fourth-order valence-electron chi connectivity index (χ4n) is 2.13. The standard InChI is InChI=1S/C12H14ClNO3/c13-10-2-1-9(8-14-10)7-12(11(15)16)3-5-17-6-4-12/h1-2,8H,3-7H2,(H,15,16). The molecule has 2 rings (SSSR count). The van der Waals surface area contributed by atoms with Crippen molar-refractivity contribution in [1.82, 2.24) is 4.98 Å². The Morgan fingerprint density at radius 1 is 1.47 bits per heavy atom. The number of carbonyl (C=O) groups is 1. The third kappa shape index (κ3) is 2.76. The van der Waals surface area contributed by atoms with Gasteiger partial charge in [0.2, 0.25) is 0 Å². The van der Waals surface area contributed by atoms with Crippen molar-refractivity contribution in [3.8, 4) is 0 Å². The minimum Gasteiger partial charge on any atom is -0.481 e. The van der Waals surface area contributed by atoms with Crippen molar-refractivity contribution in [2.45, 2.75) is 19.3 Å². The number of aromatic nitrogens is 1. The summed E-state index contributed by atoms with van der Waals surface area (Å²) in [7, 11) is 0. The van der Waals surface area contributed by atoms with Gasteiger partial charge in [-0.05, 0) is 30.9 Å². The second kappa shape index (κ2) is 5.02. The third-order valence-corrected chi connectivity index (χ3v) is 3.46. The highest BCUT2D eigenvalue weighted by Crippen LogP contribution is 2.34. The zero-order chi connectivity index (χ0) is 12.3. The fourth-order valence-corrected chi connectivity index (χ4v) is 2.24. The van der Waals surface area contributed by atoms with E-state index >= 15 is 0 Å². The van der Waals surface area contributed by atoms with E-state index in [4.69, 9.17) is 16.3 Å². The first-order valence-corrected chi connectivity index (χ1v) is 5.92. The Labute approximate surface area is 105 Å². The summed E-state index contributed by atoms with van der Waals surface area (Å²) in [5.41, 5.74) is 0.187. The van der Waals surface area contributed by atoms with Crippen LogP contribution in [0.15, 0.2) is 18.3 Å². The smallest absolute Gasteiger partial charge is 0.310 e. The molecule has 0 bridgehead atoms. The maximum absolute atomic E-state index is 11.4. The predicted molar refractivity (Wildman–Crippen MR) is 63.1 cm³/mol. The van der Waals surface area contributed by atoms with E-state index in [2.05, 4.69) is 4.98 Å². The molecule has 1 aliphatic rings. The number of carboxylic acid groups (broad SMARTS) is 1. The highest BCUT2D eigenvalue weighted by Gasteiger charge is 2.40. The maximum atomic E-state index is 11.4. The van der Waals surface area contributed by atoms with Gasteiger partial charge < -0.3 is 9.84 Å². The minimum atomic E-state index is -0.754. The molecule has 5 heteroatoms. The molecule has 0 aromatic carbocycles. The molecule has 0 unspecified atom stereocenters. The van der Waals surface area contributed by atoms with Crippen LogP contribution in [0.4, 0.5) is 0 Å². The number of pyridine rings is 1. The number of carboxylic acids is 1. The van der Waals surface area contributed by atoms with Crippen LogP contribution in [0.5, 0.6) is 0 Å². The van der Waals surface area contributed by atoms with Crippen molar-refractivity contribution in [3.05, 3.63) is 29.0 Å². The molecule has 1 aromatic rings. The van der Waals surface area contributed by atoms with E-state index in [0.717, 1.165) is 5.56 Å². The summed E-state index contributed by atoms with van der Waals surface area (Å²) < 4.78 is 5.23. The van der Waals surface area contributed by atoms with Crippen LogP contribution in [0.25, 0.3) is 0 Å². The number of hydrogen-bond acceptors (Lipinski definition) is 3. The van der Waals surface area contributed by atoms with E-state index in [1.165, 1.54) is 0 Å². The summed E-state index contributed by atoms with van der Waals surface area (Å²) in [5.74, 6) is -0.754. The van der Waals surface area contributed by atoms with Gasteiger partial charge in [-0.1, -0.05) is 17.7 Å². The Kier molecular flexibility index (Phi) is 3.64. The Balaban J connectivity index is 2.17. The van der Waals surface area contributed by atoms with Gasteiger partial charge in [0.25, 0.3) is 0 Å². The average Bonchev–Trinajstić information content (AvgIpc) is 2.33. The average molecular weight is 256 g/mol. The van der Waals surface area contributed by atoms with E-state index < -0.39 is 11.4 Å². The fraction of sp³-hybridized carbons (Fsp3) is 0.500. The molecular weight excluding hydrogens is 242 g/mol. The molecule has 2 heterocycles. The molecule has 1 aliphatic heterocycles. The third-order valence-electron chi connectivity index (χ3n) is 3.23. The van der Waals surface area contributed by atoms with Crippen molar-refractivity contribution in [1.29, 1.82) is 0 Å². The van der Waals surface area contributed by atoms with Crippen LogP contribution >= 0.6 is 11.6 Å². The molecule has 1 fully saturated rings. The van der Waals surface area contributed by atoms with Gasteiger partial charge in [-0.25, -0.2) is 4.98 Å². The van der Waals surface area contributed by atoms with E-state index in [1.54, 1.807) is 12.3 Å². The topological polar surface area (TPSA) is 59.4 Å². The van der Waals surface area contributed by atoms with E-state index in [9.17, 15) is 9.90 Å². The zero-order valence-electron chi connectivity index (χ0n) is 9.36. The number of rotatable bonds is 3. The highest BCUT2D eigenvalue weighted by molar-refractivity contribution is 6.29. The first kappa shape index (κ1) is 12.3. The SMILES string of the molecule is O=C(O)C1(Cc2ccc(Cl)nc2)CCOCC1. The van der Waals surface area contributed by atoms with Crippen LogP contribution < -0.4 is 0 Å². The highest BCUT2D eigenvalue weighted by atomic mass is 35.5. The molecule has 0 atom stereocenters. The zero-order valence-corrected chi connectivity index (χ0v) is 10.1. The Hall–Kier alpha value is -1.13. The van der Waals surface area contributed by atoms with Crippen LogP contribution in [0.2, 0.25) is 5.15 Å². The lowest BCUT2D eigenvalue weighted by Crippen LogP contribution is -2.39. The van der Waals surface area contributed by atoms with Gasteiger partial charge in [-0.3, -0.25) is 4.79 Å². The molecule has 0 amide bonds. The molecule has 1 aromatic heterocycles. The van der Waals surface area contributed by atoms with Gasteiger partial charge in [0.15, 0.2) is 0 Å². The van der Waals surface area contributed by atoms with Gasteiger partial charge >= 0.3 is 5.97 Å². The number of aliphatic carboxylic acids is 1. The van der Waals surface area contributed by atoms with Crippen LogP contribution in [0, 0.1) is 5.41 Å². The lowest BCUT2D eigenvalue weighted by Gasteiger charge is -2.33. The molecule has 0 radical (unpaired) electrons. The minimum absolute atomic E-state index is 0.421. The number of hydrogen-bond donors (Lipinski definition) is 1. The van der Waals surface area contributed by atoms with Crippen molar-refractivity contribution in [2.75, 3.05) is 13.2 Å². The second-order valence-corrected chi connectivity index (χ2v) is 4.75. The van der Waals surface area contributed by atoms with Crippen LogP contribution in [-0.4, -0.2) is 29.3 Å². The van der Waals surface area contributed by atoms with Gasteiger partial charge in [0.1, 0.15) is 5.15 Å². The van der Waals surface area contributed by atoms with Gasteiger partial charge in [0.05, 0.1) is 5.41 Å². The predicted octanol–water partition coefficient (Wildman–Crippen LogP) is 2.16. The largest absolute Gasteiger partial charge is 0.481 e. The molecule has 1 saturated heterocycles. The molecule has 1 N–H and O–H groups in total. The second-order valence-electron chi connectivity index (χ2n) is 4.36. The molecule has 17 heavy (non-hydrogen) atoms. The first-order valence-electron chi connectivity index (χ1n) is 5.54. The molecule has 0 spiro atoms. The lowest BCUT2D eigenvalue weighted by molar-refractivity contribution is -0.154. The van der Waals surface area contributed by atoms with Gasteiger partial charge in [-0.15, -0.1) is 0 Å². The summed E-state index contributed by atoms with van der Waals surface area (Å²) in [4.78, 5) is 15.4. The normalized spacial score (nSPS) is 18.9. The Morgan fingerprint density at radius 2 is 2.18 bits per heavy atom. The molecule has 0 aliphatic carbocycles. The molecule has 92 valence electrons. The van der Waals surface area contributed by atoms with Crippen molar-refractivity contribution < 1.29 is 14.6 Å². The first-order chi connectivity index (χ1) is 8.12. The van der Waals surface area contributed by atoms with Crippen molar-refractivity contribution in [3.63, 3.8) is 0 Å². The van der Waals surface area contributed by atoms with Crippen molar-refractivity contribution >= 4 is 17.6 Å². The van der Waals surface area contributed by atoms with Gasteiger partial charge in [-0.2, -0.15) is 0 Å². The maximum Gasteiger partial charge on any atom is 0.310 e. The molecule has 0 saturated carbocycles. The van der Waals surface area contributed by atoms with Crippen molar-refractivity contribution in [2.24, 2.45) is 5.41 Å². The van der Waals surface area contributed by atoms with Crippen LogP contribution in [-0.2, 0) is 16.0 Å². The van der Waals surface area contributed by atoms with Crippen LogP contribution in [0.1, 0.15) is 18.4 Å². The lowest BCUT2D eigenvalue weighted by atomic mass is 9.75. The Morgan fingerprint density at radius 3 is 2.71 bits per heavy atom. The van der Waals surface area contributed by atoms with Gasteiger partial charge in [0, 0.05) is 19.4 Å².